The second kappa shape index (κ2) is 9.23. The number of nitrogens with zero attached hydrogens (tertiary/aromatic N) is 1. The van der Waals surface area contributed by atoms with Gasteiger partial charge in [0.1, 0.15) is 6.54 Å². The number of ether oxygens (including phenoxy) is 1. The van der Waals surface area contributed by atoms with Crippen LogP contribution < -0.4 is 9.62 Å². The van der Waals surface area contributed by atoms with Crippen LogP contribution in [0.5, 0.6) is 0 Å². The normalized spacial score (nSPS) is 10.8. The van der Waals surface area contributed by atoms with Crippen molar-refractivity contribution in [2.24, 2.45) is 0 Å². The van der Waals surface area contributed by atoms with Crippen LogP contribution in [0.2, 0.25) is 0 Å². The van der Waals surface area contributed by atoms with E-state index in [9.17, 15) is 18.0 Å². The molecule has 0 fully saturated rings. The molecule has 7 nitrogen and oxygen atoms in total. The summed E-state index contributed by atoms with van der Waals surface area (Å²) in [4.78, 5) is 24.8. The highest BCUT2D eigenvalue weighted by Gasteiger charge is 2.27. The monoisotopic (exact) mass is 424 g/mol. The van der Waals surface area contributed by atoms with Gasteiger partial charge in [-0.15, -0.1) is 0 Å². The molecule has 8 heteroatoms. The molecule has 0 saturated heterocycles. The molecule has 0 bridgehead atoms. The summed E-state index contributed by atoms with van der Waals surface area (Å²) in [6.45, 7) is -0.475. The Hall–Kier alpha value is -3.65. The molecule has 0 spiro atoms. The standard InChI is InChI=1S/C22H20N2O5S/c1-29-22(26)19-14-8-9-15-20(19)23-21(25)16-24(17-10-4-2-5-11-17)30(27,28)18-12-6-3-7-13-18/h2-15H,16H2,1H3,(H,23,25). The van der Waals surface area contributed by atoms with Crippen LogP contribution in [0.25, 0.3) is 0 Å². The van der Waals surface area contributed by atoms with Crippen molar-refractivity contribution in [2.75, 3.05) is 23.3 Å². The molecule has 3 aromatic rings. The number of nitrogens with one attached hydrogen (secondary N) is 1. The van der Waals surface area contributed by atoms with E-state index in [-0.39, 0.29) is 16.1 Å². The van der Waals surface area contributed by atoms with E-state index in [4.69, 9.17) is 4.74 Å². The molecule has 0 aliphatic carbocycles. The van der Waals surface area contributed by atoms with E-state index in [0.29, 0.717) is 5.69 Å². The van der Waals surface area contributed by atoms with Crippen LogP contribution in [0.15, 0.2) is 89.8 Å². The van der Waals surface area contributed by atoms with Gasteiger partial charge in [0.05, 0.1) is 28.9 Å². The summed E-state index contributed by atoms with van der Waals surface area (Å²) < 4.78 is 32.2. The fourth-order valence-electron chi connectivity index (χ4n) is 2.83. The highest BCUT2D eigenvalue weighted by molar-refractivity contribution is 7.92. The molecule has 3 aromatic carbocycles. The molecule has 0 aliphatic rings. The van der Waals surface area contributed by atoms with Gasteiger partial charge in [-0.1, -0.05) is 48.5 Å². The second-order valence-electron chi connectivity index (χ2n) is 6.25. The minimum atomic E-state index is -3.99. The number of rotatable bonds is 7. The number of methoxy groups -OCH3 is 1. The highest BCUT2D eigenvalue weighted by Crippen LogP contribution is 2.24. The lowest BCUT2D eigenvalue weighted by molar-refractivity contribution is -0.114. The Balaban J connectivity index is 1.92. The summed E-state index contributed by atoms with van der Waals surface area (Å²) >= 11 is 0. The lowest BCUT2D eigenvalue weighted by atomic mass is 10.2. The van der Waals surface area contributed by atoms with Crippen molar-refractivity contribution < 1.29 is 22.7 Å². The fourth-order valence-corrected chi connectivity index (χ4v) is 4.27. The average molecular weight is 424 g/mol. The van der Waals surface area contributed by atoms with E-state index in [1.165, 1.54) is 25.3 Å². The van der Waals surface area contributed by atoms with Crippen molar-refractivity contribution in [2.45, 2.75) is 4.90 Å². The molecule has 30 heavy (non-hydrogen) atoms. The molecule has 154 valence electrons. The number of carbonyl (C=O) groups is 2. The number of anilines is 2. The second-order valence-corrected chi connectivity index (χ2v) is 8.11. The minimum absolute atomic E-state index is 0.0663. The summed E-state index contributed by atoms with van der Waals surface area (Å²) in [6, 6.07) is 22.6. The smallest absolute Gasteiger partial charge is 0.339 e. The molecule has 0 atom stereocenters. The quantitative estimate of drug-likeness (QED) is 0.588. The third kappa shape index (κ3) is 4.66. The van der Waals surface area contributed by atoms with Crippen LogP contribution >= 0.6 is 0 Å². The summed E-state index contributed by atoms with van der Waals surface area (Å²) in [6.07, 6.45) is 0. The molecule has 0 saturated carbocycles. The van der Waals surface area contributed by atoms with Gasteiger partial charge >= 0.3 is 5.97 Å². The first kappa shape index (κ1) is 21.1. The van der Waals surface area contributed by atoms with Crippen molar-refractivity contribution in [1.82, 2.24) is 0 Å². The predicted octanol–water partition coefficient (Wildman–Crippen LogP) is 3.31. The first-order chi connectivity index (χ1) is 14.4. The molecule has 1 N–H and O–H groups in total. The maximum Gasteiger partial charge on any atom is 0.339 e. The number of para-hydroxylation sites is 2. The molecule has 1 amide bonds. The molecular formula is C22H20N2O5S. The maximum absolute atomic E-state index is 13.2. The Bertz CT molecular complexity index is 1130. The first-order valence-corrected chi connectivity index (χ1v) is 10.5. The number of hydrogen-bond acceptors (Lipinski definition) is 5. The topological polar surface area (TPSA) is 92.8 Å². The summed E-state index contributed by atoms with van der Waals surface area (Å²) in [5.74, 6) is -1.21. The average Bonchev–Trinajstić information content (AvgIpc) is 2.78. The Kier molecular flexibility index (Phi) is 6.48. The molecule has 0 unspecified atom stereocenters. The Labute approximate surface area is 175 Å². The van der Waals surface area contributed by atoms with E-state index < -0.39 is 28.4 Å². The van der Waals surface area contributed by atoms with Gasteiger partial charge in [0.25, 0.3) is 10.0 Å². The van der Waals surface area contributed by atoms with Gasteiger partial charge in [0.15, 0.2) is 0 Å². The zero-order chi connectivity index (χ0) is 21.6. The Morgan fingerprint density at radius 3 is 2.07 bits per heavy atom. The van der Waals surface area contributed by atoms with Gasteiger partial charge in [-0.2, -0.15) is 0 Å². The maximum atomic E-state index is 13.2. The molecule has 0 heterocycles. The lowest BCUT2D eigenvalue weighted by Gasteiger charge is -2.24. The molecule has 0 radical (unpaired) electrons. The van der Waals surface area contributed by atoms with E-state index in [1.54, 1.807) is 66.7 Å². The van der Waals surface area contributed by atoms with E-state index in [2.05, 4.69) is 5.32 Å². The number of hydrogen-bond donors (Lipinski definition) is 1. The van der Waals surface area contributed by atoms with Crippen LogP contribution in [0.4, 0.5) is 11.4 Å². The van der Waals surface area contributed by atoms with E-state index >= 15 is 0 Å². The zero-order valence-corrected chi connectivity index (χ0v) is 17.0. The number of carbonyl (C=O) groups excluding carboxylic acids is 2. The SMILES string of the molecule is COC(=O)c1ccccc1NC(=O)CN(c1ccccc1)S(=O)(=O)c1ccccc1. The number of benzene rings is 3. The van der Waals surface area contributed by atoms with Crippen molar-refractivity contribution in [1.29, 1.82) is 0 Å². The molecule has 0 aromatic heterocycles. The van der Waals surface area contributed by atoms with E-state index in [0.717, 1.165) is 4.31 Å². The Morgan fingerprint density at radius 1 is 0.867 bits per heavy atom. The van der Waals surface area contributed by atoms with Crippen LogP contribution in [0, 0.1) is 0 Å². The fraction of sp³-hybridized carbons (Fsp3) is 0.0909. The van der Waals surface area contributed by atoms with Crippen molar-refractivity contribution >= 4 is 33.3 Å². The third-order valence-electron chi connectivity index (χ3n) is 4.27. The zero-order valence-electron chi connectivity index (χ0n) is 16.2. The minimum Gasteiger partial charge on any atom is -0.465 e. The molecule has 3 rings (SSSR count). The number of sulfonamides is 1. The van der Waals surface area contributed by atoms with Gasteiger partial charge in [-0.25, -0.2) is 13.2 Å². The number of esters is 1. The number of amides is 1. The summed E-state index contributed by atoms with van der Waals surface area (Å²) in [7, 11) is -2.75. The van der Waals surface area contributed by atoms with Gasteiger partial charge in [0.2, 0.25) is 5.91 Å². The first-order valence-electron chi connectivity index (χ1n) is 9.03. The van der Waals surface area contributed by atoms with E-state index in [1.807, 2.05) is 0 Å². The molecule has 0 aliphatic heterocycles. The van der Waals surface area contributed by atoms with Crippen LogP contribution in [0.1, 0.15) is 10.4 Å². The van der Waals surface area contributed by atoms with Crippen LogP contribution in [-0.2, 0) is 19.6 Å². The van der Waals surface area contributed by atoms with Gasteiger partial charge in [-0.3, -0.25) is 9.10 Å². The highest BCUT2D eigenvalue weighted by atomic mass is 32.2. The van der Waals surface area contributed by atoms with Gasteiger partial charge in [-0.05, 0) is 36.4 Å². The lowest BCUT2D eigenvalue weighted by Crippen LogP contribution is -2.38. The molecular weight excluding hydrogens is 404 g/mol. The van der Waals surface area contributed by atoms with Crippen molar-refractivity contribution in [3.63, 3.8) is 0 Å². The largest absolute Gasteiger partial charge is 0.465 e. The van der Waals surface area contributed by atoms with Crippen molar-refractivity contribution in [3.8, 4) is 0 Å². The third-order valence-corrected chi connectivity index (χ3v) is 6.06. The predicted molar refractivity (Wildman–Crippen MR) is 114 cm³/mol. The van der Waals surface area contributed by atoms with Crippen LogP contribution in [-0.4, -0.2) is 33.9 Å². The van der Waals surface area contributed by atoms with Gasteiger partial charge < -0.3 is 10.1 Å². The Morgan fingerprint density at radius 2 is 1.43 bits per heavy atom. The van der Waals surface area contributed by atoms with Crippen LogP contribution in [0.3, 0.4) is 0 Å². The summed E-state index contributed by atoms with van der Waals surface area (Å²) in [5.41, 5.74) is 0.753. The van der Waals surface area contributed by atoms with Crippen molar-refractivity contribution in [3.05, 3.63) is 90.5 Å². The summed E-state index contributed by atoms with van der Waals surface area (Å²) in [5, 5.41) is 2.60. The van der Waals surface area contributed by atoms with Gasteiger partial charge in [0, 0.05) is 0 Å².